The number of benzene rings is 1. The number of aliphatic carboxylic acids is 2. The topological polar surface area (TPSA) is 94.9 Å². The summed E-state index contributed by atoms with van der Waals surface area (Å²) in [6.07, 6.45) is 0.251. The molecule has 0 aliphatic rings. The van der Waals surface area contributed by atoms with Crippen LogP contribution in [0.15, 0.2) is 24.3 Å². The van der Waals surface area contributed by atoms with Gasteiger partial charge in [0.15, 0.2) is 0 Å². The van der Waals surface area contributed by atoms with Gasteiger partial charge in [-0.25, -0.2) is 4.39 Å². The highest BCUT2D eigenvalue weighted by atomic mass is 19.1. The fraction of sp³-hybridized carbons (Fsp3) is 0.308. The van der Waals surface area contributed by atoms with E-state index in [1.54, 1.807) is 0 Å². The molecule has 108 valence electrons. The number of carboxylic acid groups (broad SMARTS) is 2. The molecule has 0 aliphatic heterocycles. The number of aryl methyl sites for hydroxylation is 1. The molecule has 1 amide bonds. The van der Waals surface area contributed by atoms with E-state index in [4.69, 9.17) is 10.2 Å². The lowest BCUT2D eigenvalue weighted by Gasteiger charge is -2.18. The molecule has 20 heavy (non-hydrogen) atoms. The Kier molecular flexibility index (Phi) is 5.64. The van der Waals surface area contributed by atoms with Crippen molar-refractivity contribution in [3.63, 3.8) is 0 Å². The maximum absolute atomic E-state index is 12.7. The second-order valence-electron chi connectivity index (χ2n) is 4.16. The molecule has 0 saturated carbocycles. The van der Waals surface area contributed by atoms with Gasteiger partial charge in [-0.3, -0.25) is 14.4 Å². The van der Waals surface area contributed by atoms with Gasteiger partial charge in [-0.2, -0.15) is 0 Å². The smallest absolute Gasteiger partial charge is 0.323 e. The maximum Gasteiger partial charge on any atom is 0.323 e. The van der Waals surface area contributed by atoms with Crippen LogP contribution in [0.3, 0.4) is 0 Å². The van der Waals surface area contributed by atoms with Crippen LogP contribution in [0.4, 0.5) is 4.39 Å². The summed E-state index contributed by atoms with van der Waals surface area (Å²) in [5.41, 5.74) is 0.713. The van der Waals surface area contributed by atoms with E-state index in [2.05, 4.69) is 0 Å². The average molecular weight is 283 g/mol. The number of hydrogen-bond acceptors (Lipinski definition) is 3. The lowest BCUT2D eigenvalue weighted by atomic mass is 10.1. The van der Waals surface area contributed by atoms with E-state index in [0.717, 1.165) is 4.90 Å². The van der Waals surface area contributed by atoms with E-state index < -0.39 is 36.8 Å². The summed E-state index contributed by atoms with van der Waals surface area (Å²) in [6.45, 7) is -1.32. The van der Waals surface area contributed by atoms with Gasteiger partial charge in [-0.05, 0) is 24.1 Å². The van der Waals surface area contributed by atoms with Gasteiger partial charge in [0.2, 0.25) is 5.91 Å². The highest BCUT2D eigenvalue weighted by Crippen LogP contribution is 2.07. The Bertz CT molecular complexity index is 484. The molecule has 1 aromatic rings. The van der Waals surface area contributed by atoms with Crippen molar-refractivity contribution in [2.45, 2.75) is 12.8 Å². The predicted octanol–water partition coefficient (Wildman–Crippen LogP) is 0.756. The molecular formula is C13H14FNO5. The Balaban J connectivity index is 2.58. The summed E-state index contributed by atoms with van der Waals surface area (Å²) in [6, 6.07) is 5.54. The lowest BCUT2D eigenvalue weighted by Crippen LogP contribution is -2.39. The molecule has 0 atom stereocenters. The molecule has 2 N–H and O–H groups in total. The van der Waals surface area contributed by atoms with Gasteiger partial charge in [0, 0.05) is 6.42 Å². The average Bonchev–Trinajstić information content (AvgIpc) is 2.36. The van der Waals surface area contributed by atoms with Crippen molar-refractivity contribution in [2.24, 2.45) is 0 Å². The minimum atomic E-state index is -1.28. The molecule has 6 nitrogen and oxygen atoms in total. The van der Waals surface area contributed by atoms with Gasteiger partial charge in [-0.15, -0.1) is 0 Å². The van der Waals surface area contributed by atoms with Crippen LogP contribution >= 0.6 is 0 Å². The number of hydrogen-bond donors (Lipinski definition) is 2. The molecule has 0 spiro atoms. The van der Waals surface area contributed by atoms with E-state index in [1.807, 2.05) is 0 Å². The highest BCUT2D eigenvalue weighted by Gasteiger charge is 2.19. The summed E-state index contributed by atoms with van der Waals surface area (Å²) in [7, 11) is 0. The quantitative estimate of drug-likeness (QED) is 0.770. The lowest BCUT2D eigenvalue weighted by molar-refractivity contribution is -0.149. The highest BCUT2D eigenvalue weighted by molar-refractivity contribution is 5.85. The summed E-state index contributed by atoms with van der Waals surface area (Å²) < 4.78 is 12.7. The standard InChI is InChI=1S/C13H14FNO5/c14-10-4-1-9(2-5-10)3-6-11(16)15(7-12(17)18)8-13(19)20/h1-2,4-5H,3,6-8H2,(H,17,18)(H,19,20). The normalized spacial score (nSPS) is 10.1. The zero-order valence-electron chi connectivity index (χ0n) is 10.6. The molecule has 0 aromatic heterocycles. The summed E-state index contributed by atoms with van der Waals surface area (Å²) in [5, 5.41) is 17.3. The molecule has 0 fully saturated rings. The first-order valence-corrected chi connectivity index (χ1v) is 5.84. The largest absolute Gasteiger partial charge is 0.480 e. The number of carbonyl (C=O) groups excluding carboxylic acids is 1. The van der Waals surface area contributed by atoms with Crippen LogP contribution < -0.4 is 0 Å². The fourth-order valence-electron chi connectivity index (χ4n) is 1.62. The molecule has 7 heteroatoms. The van der Waals surface area contributed by atoms with Gasteiger partial charge in [-0.1, -0.05) is 12.1 Å². The minimum absolute atomic E-state index is 0.0355. The maximum atomic E-state index is 12.7. The van der Waals surface area contributed by atoms with E-state index in [0.29, 0.717) is 5.56 Å². The number of amides is 1. The Morgan fingerprint density at radius 1 is 1.00 bits per heavy atom. The Morgan fingerprint density at radius 3 is 1.95 bits per heavy atom. The first-order chi connectivity index (χ1) is 9.38. The number of nitrogens with zero attached hydrogens (tertiary/aromatic N) is 1. The summed E-state index contributed by atoms with van der Waals surface area (Å²) >= 11 is 0. The minimum Gasteiger partial charge on any atom is -0.480 e. The van der Waals surface area contributed by atoms with E-state index >= 15 is 0 Å². The Morgan fingerprint density at radius 2 is 1.50 bits per heavy atom. The van der Waals surface area contributed by atoms with Gasteiger partial charge < -0.3 is 15.1 Å². The van der Waals surface area contributed by atoms with Crippen LogP contribution in [-0.2, 0) is 20.8 Å². The first-order valence-electron chi connectivity index (χ1n) is 5.84. The summed E-state index contributed by atoms with van der Waals surface area (Å²) in [5.74, 6) is -3.51. The first kappa shape index (κ1) is 15.6. The second-order valence-corrected chi connectivity index (χ2v) is 4.16. The molecule has 0 radical (unpaired) electrons. The number of carboxylic acids is 2. The zero-order valence-corrected chi connectivity index (χ0v) is 10.6. The van der Waals surface area contributed by atoms with Crippen LogP contribution in [0, 0.1) is 5.82 Å². The van der Waals surface area contributed by atoms with Crippen molar-refractivity contribution < 1.29 is 29.0 Å². The van der Waals surface area contributed by atoms with Gasteiger partial charge >= 0.3 is 11.9 Å². The second kappa shape index (κ2) is 7.22. The SMILES string of the molecule is O=C(O)CN(CC(=O)O)C(=O)CCc1ccc(F)cc1. The molecular weight excluding hydrogens is 269 g/mol. The van der Waals surface area contributed by atoms with Crippen molar-refractivity contribution >= 4 is 17.8 Å². The van der Waals surface area contributed by atoms with E-state index in [1.165, 1.54) is 24.3 Å². The van der Waals surface area contributed by atoms with Crippen LogP contribution in [0.1, 0.15) is 12.0 Å². The molecule has 0 heterocycles. The number of halogens is 1. The molecule has 0 bridgehead atoms. The van der Waals surface area contributed by atoms with E-state index in [-0.39, 0.29) is 12.8 Å². The Hall–Kier alpha value is -2.44. The van der Waals surface area contributed by atoms with Crippen LogP contribution in [-0.4, -0.2) is 46.0 Å². The monoisotopic (exact) mass is 283 g/mol. The van der Waals surface area contributed by atoms with Gasteiger partial charge in [0.25, 0.3) is 0 Å². The van der Waals surface area contributed by atoms with Gasteiger partial charge in [0.1, 0.15) is 18.9 Å². The van der Waals surface area contributed by atoms with Crippen LogP contribution in [0.25, 0.3) is 0 Å². The third-order valence-corrected chi connectivity index (χ3v) is 2.55. The Labute approximate surface area is 114 Å². The van der Waals surface area contributed by atoms with Gasteiger partial charge in [0.05, 0.1) is 0 Å². The molecule has 0 aliphatic carbocycles. The van der Waals surface area contributed by atoms with Crippen molar-refractivity contribution in [1.82, 2.24) is 4.90 Å². The van der Waals surface area contributed by atoms with Crippen molar-refractivity contribution in [2.75, 3.05) is 13.1 Å². The van der Waals surface area contributed by atoms with Crippen molar-refractivity contribution in [3.05, 3.63) is 35.6 Å². The summed E-state index contributed by atoms with van der Waals surface area (Å²) in [4.78, 5) is 33.7. The molecule has 0 unspecified atom stereocenters. The molecule has 1 rings (SSSR count). The zero-order chi connectivity index (χ0) is 15.1. The molecule has 1 aromatic carbocycles. The molecule has 0 saturated heterocycles. The van der Waals surface area contributed by atoms with Crippen molar-refractivity contribution in [1.29, 1.82) is 0 Å². The van der Waals surface area contributed by atoms with Crippen molar-refractivity contribution in [3.8, 4) is 0 Å². The van der Waals surface area contributed by atoms with Crippen LogP contribution in [0.5, 0.6) is 0 Å². The number of rotatable bonds is 7. The third-order valence-electron chi connectivity index (χ3n) is 2.55. The number of carbonyl (C=O) groups is 3. The fourth-order valence-corrected chi connectivity index (χ4v) is 1.62. The van der Waals surface area contributed by atoms with Crippen LogP contribution in [0.2, 0.25) is 0 Å². The van der Waals surface area contributed by atoms with E-state index in [9.17, 15) is 18.8 Å². The third kappa shape index (κ3) is 5.47. The predicted molar refractivity (Wildman–Crippen MR) is 66.6 cm³/mol.